The van der Waals surface area contributed by atoms with Gasteiger partial charge in [0.25, 0.3) is 10.0 Å². The van der Waals surface area contributed by atoms with Gasteiger partial charge in [-0.3, -0.25) is 9.71 Å². The number of nitrogens with one attached hydrogen (secondary N) is 1. The van der Waals surface area contributed by atoms with E-state index in [0.717, 1.165) is 27.6 Å². The highest BCUT2D eigenvalue weighted by atomic mass is 32.2. The fourth-order valence-electron chi connectivity index (χ4n) is 2.81. The minimum Gasteiger partial charge on any atom is -0.508 e. The molecule has 3 aromatic rings. The summed E-state index contributed by atoms with van der Waals surface area (Å²) in [6.45, 7) is 9.96. The highest BCUT2D eigenvalue weighted by molar-refractivity contribution is 7.93. The molecule has 0 saturated carbocycles. The number of benzene rings is 2. The van der Waals surface area contributed by atoms with Crippen molar-refractivity contribution in [2.75, 3.05) is 11.3 Å². The highest BCUT2D eigenvalue weighted by Crippen LogP contribution is 2.25. The summed E-state index contributed by atoms with van der Waals surface area (Å²) in [6, 6.07) is 13.0. The number of aliphatic imine (C=N–C) groups is 1. The first-order valence-corrected chi connectivity index (χ1v) is 12.9. The number of aromatic nitrogens is 2. The van der Waals surface area contributed by atoms with Crippen LogP contribution >= 0.6 is 11.3 Å². The minimum atomic E-state index is -3.78. The number of sulfonamides is 1. The number of anilines is 1. The van der Waals surface area contributed by atoms with Crippen molar-refractivity contribution in [2.24, 2.45) is 4.99 Å². The average Bonchev–Trinajstić information content (AvgIpc) is 3.25. The first-order valence-electron chi connectivity index (χ1n) is 10.7. The summed E-state index contributed by atoms with van der Waals surface area (Å²) in [5, 5.41) is 18.4. The lowest BCUT2D eigenvalue weighted by Crippen LogP contribution is -2.12. The third kappa shape index (κ3) is 6.64. The molecule has 0 aliphatic carbocycles. The molecule has 0 saturated heterocycles. The number of phenols is 1. The molecule has 10 heteroatoms. The van der Waals surface area contributed by atoms with Crippen molar-refractivity contribution >= 4 is 32.2 Å². The number of hydrogen-bond donors (Lipinski definition) is 2. The average molecular weight is 501 g/mol. The van der Waals surface area contributed by atoms with E-state index in [2.05, 4.69) is 19.9 Å². The zero-order chi connectivity index (χ0) is 24.9. The van der Waals surface area contributed by atoms with Crippen LogP contribution in [0.5, 0.6) is 11.5 Å². The van der Waals surface area contributed by atoms with Gasteiger partial charge in [0.15, 0.2) is 0 Å². The molecule has 0 unspecified atom stereocenters. The quantitative estimate of drug-likeness (QED) is 0.383. The molecule has 8 nitrogen and oxygen atoms in total. The van der Waals surface area contributed by atoms with Crippen molar-refractivity contribution in [2.45, 2.75) is 45.4 Å². The van der Waals surface area contributed by atoms with Crippen molar-refractivity contribution in [3.05, 3.63) is 70.4 Å². The molecule has 0 bridgehead atoms. The molecule has 0 radical (unpaired) electrons. The largest absolute Gasteiger partial charge is 0.508 e. The lowest BCUT2D eigenvalue weighted by Gasteiger charge is -2.11. The molecule has 34 heavy (non-hydrogen) atoms. The van der Waals surface area contributed by atoms with E-state index in [1.54, 1.807) is 36.4 Å². The van der Waals surface area contributed by atoms with Crippen LogP contribution in [0.1, 0.15) is 51.1 Å². The summed E-state index contributed by atoms with van der Waals surface area (Å²) >= 11 is 1.22. The van der Waals surface area contributed by atoms with Gasteiger partial charge in [-0.1, -0.05) is 30.8 Å². The molecule has 3 rings (SSSR count). The van der Waals surface area contributed by atoms with Crippen LogP contribution in [-0.2, 0) is 10.0 Å². The maximum absolute atomic E-state index is 12.7. The Balaban J connectivity index is 1.67. The van der Waals surface area contributed by atoms with E-state index in [0.29, 0.717) is 5.75 Å². The second-order valence-corrected chi connectivity index (χ2v) is 10.8. The molecule has 2 aromatic carbocycles. The van der Waals surface area contributed by atoms with Crippen LogP contribution in [0.2, 0.25) is 0 Å². The molecule has 1 heterocycles. The molecular weight excluding hydrogens is 472 g/mol. The van der Waals surface area contributed by atoms with E-state index in [4.69, 9.17) is 4.74 Å². The molecule has 0 fully saturated rings. The van der Waals surface area contributed by atoms with Gasteiger partial charge < -0.3 is 9.84 Å². The Morgan fingerprint density at radius 2 is 1.71 bits per heavy atom. The Kier molecular flexibility index (Phi) is 8.06. The third-order valence-electron chi connectivity index (χ3n) is 4.83. The summed E-state index contributed by atoms with van der Waals surface area (Å²) in [5.41, 5.74) is 3.46. The predicted octanol–water partition coefficient (Wildman–Crippen LogP) is 5.35. The topological polar surface area (TPSA) is 114 Å². The Morgan fingerprint density at radius 1 is 1.06 bits per heavy atom. The van der Waals surface area contributed by atoms with Gasteiger partial charge in [-0.25, -0.2) is 8.42 Å². The Labute approximate surface area is 204 Å². The van der Waals surface area contributed by atoms with Gasteiger partial charge in [-0.15, -0.1) is 10.2 Å². The Hall–Kier alpha value is -3.24. The summed E-state index contributed by atoms with van der Waals surface area (Å²) in [4.78, 5) is 4.78. The lowest BCUT2D eigenvalue weighted by atomic mass is 10.1. The number of aromatic hydroxyl groups is 1. The Morgan fingerprint density at radius 3 is 2.26 bits per heavy atom. The van der Waals surface area contributed by atoms with Crippen molar-refractivity contribution < 1.29 is 18.3 Å². The SMILES string of the molecule is CC(=NC(COc1ccc(S(=O)(=O)Nc2nnc(C(C)C)s2)cc1)=C(C)C)c1ccc(O)cc1. The minimum absolute atomic E-state index is 0.102. The first-order chi connectivity index (χ1) is 16.0. The van der Waals surface area contributed by atoms with E-state index in [-0.39, 0.29) is 28.3 Å². The Bertz CT molecular complexity index is 1290. The van der Waals surface area contributed by atoms with Crippen molar-refractivity contribution in [1.29, 1.82) is 0 Å². The van der Waals surface area contributed by atoms with Crippen LogP contribution < -0.4 is 9.46 Å². The van der Waals surface area contributed by atoms with Crippen LogP contribution in [0.25, 0.3) is 0 Å². The molecule has 2 N–H and O–H groups in total. The van der Waals surface area contributed by atoms with Crippen LogP contribution in [0.15, 0.2) is 69.7 Å². The van der Waals surface area contributed by atoms with Gasteiger partial charge >= 0.3 is 0 Å². The van der Waals surface area contributed by atoms with E-state index >= 15 is 0 Å². The fraction of sp³-hybridized carbons (Fsp3) is 0.292. The van der Waals surface area contributed by atoms with Crippen molar-refractivity contribution in [1.82, 2.24) is 10.2 Å². The smallest absolute Gasteiger partial charge is 0.263 e. The van der Waals surface area contributed by atoms with Crippen molar-refractivity contribution in [3.63, 3.8) is 0 Å². The lowest BCUT2D eigenvalue weighted by molar-refractivity contribution is 0.349. The molecule has 0 aliphatic rings. The first kappa shape index (κ1) is 25.4. The molecule has 0 spiro atoms. The summed E-state index contributed by atoms with van der Waals surface area (Å²) in [7, 11) is -3.78. The zero-order valence-electron chi connectivity index (χ0n) is 19.7. The van der Waals surface area contributed by atoms with Gasteiger partial charge in [-0.2, -0.15) is 0 Å². The normalized spacial score (nSPS) is 12.0. The van der Waals surface area contributed by atoms with Crippen LogP contribution in [0.4, 0.5) is 5.13 Å². The zero-order valence-corrected chi connectivity index (χ0v) is 21.4. The third-order valence-corrected chi connectivity index (χ3v) is 7.45. The van der Waals surface area contributed by atoms with E-state index in [9.17, 15) is 13.5 Å². The number of allylic oxidation sites excluding steroid dienone is 1. The van der Waals surface area contributed by atoms with E-state index in [1.165, 1.54) is 23.5 Å². The molecule has 0 amide bonds. The van der Waals surface area contributed by atoms with Gasteiger partial charge in [0, 0.05) is 11.6 Å². The number of phenolic OH excluding ortho intramolecular Hbond substituents is 1. The molecule has 180 valence electrons. The number of ether oxygens (including phenoxy) is 1. The van der Waals surface area contributed by atoms with Crippen LogP contribution in [0, 0.1) is 0 Å². The molecular formula is C24H28N4O4S2. The van der Waals surface area contributed by atoms with E-state index in [1.807, 2.05) is 34.6 Å². The summed E-state index contributed by atoms with van der Waals surface area (Å²) in [6.07, 6.45) is 0. The maximum Gasteiger partial charge on any atom is 0.263 e. The molecule has 0 atom stereocenters. The molecule has 1 aromatic heterocycles. The predicted molar refractivity (Wildman–Crippen MR) is 135 cm³/mol. The van der Waals surface area contributed by atoms with Crippen LogP contribution in [-0.4, -0.2) is 36.0 Å². The van der Waals surface area contributed by atoms with Gasteiger partial charge in [0.2, 0.25) is 5.13 Å². The maximum atomic E-state index is 12.7. The monoisotopic (exact) mass is 500 g/mol. The van der Waals surface area contributed by atoms with Gasteiger partial charge in [0.05, 0.1) is 10.6 Å². The van der Waals surface area contributed by atoms with Crippen molar-refractivity contribution in [3.8, 4) is 11.5 Å². The second kappa shape index (κ2) is 10.8. The number of rotatable bonds is 9. The van der Waals surface area contributed by atoms with E-state index < -0.39 is 10.0 Å². The number of nitrogens with zero attached hydrogens (tertiary/aromatic N) is 3. The second-order valence-electron chi connectivity index (χ2n) is 8.16. The summed E-state index contributed by atoms with van der Waals surface area (Å²) < 4.78 is 33.7. The highest BCUT2D eigenvalue weighted by Gasteiger charge is 2.18. The molecule has 0 aliphatic heterocycles. The van der Waals surface area contributed by atoms with Crippen LogP contribution in [0.3, 0.4) is 0 Å². The standard InChI is InChI=1S/C24H28N4O4S2/c1-15(2)22(25-17(5)18-6-8-19(29)9-7-18)14-32-20-10-12-21(13-11-20)34(30,31)28-24-27-26-23(33-24)16(3)4/h6-13,16,29H,14H2,1-5H3,(H,27,28). The summed E-state index contributed by atoms with van der Waals surface area (Å²) in [5.74, 6) is 0.895. The number of hydrogen-bond acceptors (Lipinski definition) is 8. The van der Waals surface area contributed by atoms with Gasteiger partial charge in [0.1, 0.15) is 23.1 Å². The fourth-order valence-corrected chi connectivity index (χ4v) is 4.78. The van der Waals surface area contributed by atoms with Gasteiger partial charge in [-0.05, 0) is 74.9 Å².